The summed E-state index contributed by atoms with van der Waals surface area (Å²) in [6.07, 6.45) is 0.259. The molecule has 0 amide bonds. The van der Waals surface area contributed by atoms with E-state index >= 15 is 0 Å². The van der Waals surface area contributed by atoms with Gasteiger partial charge in [0.25, 0.3) is 0 Å². The average Bonchev–Trinajstić information content (AvgIpc) is 2.18. The summed E-state index contributed by atoms with van der Waals surface area (Å²) in [7, 11) is 0. The summed E-state index contributed by atoms with van der Waals surface area (Å²) < 4.78 is 5.41. The summed E-state index contributed by atoms with van der Waals surface area (Å²) in [5, 5.41) is 4.11. The van der Waals surface area contributed by atoms with Crippen LogP contribution in [0.3, 0.4) is 0 Å². The van der Waals surface area contributed by atoms with Crippen molar-refractivity contribution >= 4 is 11.6 Å². The van der Waals surface area contributed by atoms with Crippen LogP contribution in [0.4, 0.5) is 0 Å². The molecular weight excluding hydrogens is 210 g/mol. The van der Waals surface area contributed by atoms with E-state index in [2.05, 4.69) is 18.3 Å². The minimum absolute atomic E-state index is 0.259. The number of benzene rings is 1. The minimum Gasteiger partial charge on any atom is -0.377 e. The van der Waals surface area contributed by atoms with Gasteiger partial charge in [-0.1, -0.05) is 23.7 Å². The molecule has 0 aliphatic carbocycles. The number of hydrogen-bond acceptors (Lipinski definition) is 2. The molecule has 1 unspecified atom stereocenters. The molecule has 1 N–H and O–H groups in total. The molecule has 0 saturated heterocycles. The molecule has 15 heavy (non-hydrogen) atoms. The summed E-state index contributed by atoms with van der Waals surface area (Å²) in [6, 6.07) is 7.88. The van der Waals surface area contributed by atoms with Crippen LogP contribution in [0, 0.1) is 0 Å². The van der Waals surface area contributed by atoms with Gasteiger partial charge in [0.2, 0.25) is 0 Å². The first-order chi connectivity index (χ1) is 7.22. The van der Waals surface area contributed by atoms with Gasteiger partial charge in [-0.15, -0.1) is 0 Å². The Morgan fingerprint density at radius 3 is 2.93 bits per heavy atom. The molecule has 0 aliphatic rings. The van der Waals surface area contributed by atoms with Crippen molar-refractivity contribution in [1.29, 1.82) is 0 Å². The molecule has 0 aliphatic heterocycles. The predicted molar refractivity (Wildman–Crippen MR) is 64.2 cm³/mol. The highest BCUT2D eigenvalue weighted by atomic mass is 35.5. The summed E-state index contributed by atoms with van der Waals surface area (Å²) >= 11 is 5.88. The van der Waals surface area contributed by atoms with E-state index in [1.807, 2.05) is 25.1 Å². The van der Waals surface area contributed by atoms with Gasteiger partial charge in [-0.2, -0.15) is 0 Å². The number of rotatable bonds is 6. The van der Waals surface area contributed by atoms with E-state index in [4.69, 9.17) is 16.3 Å². The average molecular weight is 228 g/mol. The molecule has 0 aromatic heterocycles. The molecule has 0 bridgehead atoms. The third-order valence-electron chi connectivity index (χ3n) is 2.10. The molecule has 84 valence electrons. The maximum atomic E-state index is 5.88. The Morgan fingerprint density at radius 1 is 1.47 bits per heavy atom. The lowest BCUT2D eigenvalue weighted by Gasteiger charge is -2.12. The van der Waals surface area contributed by atoms with Gasteiger partial charge in [0.15, 0.2) is 0 Å². The minimum atomic E-state index is 0.259. The monoisotopic (exact) mass is 227 g/mol. The van der Waals surface area contributed by atoms with Crippen LogP contribution in [0.25, 0.3) is 0 Å². The molecule has 3 heteroatoms. The van der Waals surface area contributed by atoms with Gasteiger partial charge < -0.3 is 10.1 Å². The van der Waals surface area contributed by atoms with Crippen LogP contribution in [-0.2, 0) is 11.3 Å². The molecule has 0 saturated carbocycles. The van der Waals surface area contributed by atoms with Crippen LogP contribution in [0.5, 0.6) is 0 Å². The quantitative estimate of drug-likeness (QED) is 0.807. The zero-order chi connectivity index (χ0) is 11.1. The normalized spacial score (nSPS) is 12.7. The van der Waals surface area contributed by atoms with Crippen molar-refractivity contribution in [2.75, 3.05) is 13.2 Å². The van der Waals surface area contributed by atoms with Crippen LogP contribution < -0.4 is 5.32 Å². The zero-order valence-corrected chi connectivity index (χ0v) is 10.1. The summed E-state index contributed by atoms with van der Waals surface area (Å²) in [5.41, 5.74) is 1.20. The van der Waals surface area contributed by atoms with E-state index in [1.54, 1.807) is 0 Å². The molecular formula is C12H18ClNO. The van der Waals surface area contributed by atoms with Gasteiger partial charge in [0, 0.05) is 24.7 Å². The zero-order valence-electron chi connectivity index (χ0n) is 9.29. The second-order valence-electron chi connectivity index (χ2n) is 3.53. The third-order valence-corrected chi connectivity index (χ3v) is 2.34. The van der Waals surface area contributed by atoms with Crippen molar-refractivity contribution in [3.05, 3.63) is 34.9 Å². The lowest BCUT2D eigenvalue weighted by Crippen LogP contribution is -2.26. The standard InChI is InChI=1S/C12H18ClNO/c1-3-15-10(2)8-14-9-11-5-4-6-12(13)7-11/h4-7,10,14H,3,8-9H2,1-2H3. The van der Waals surface area contributed by atoms with Crippen molar-refractivity contribution in [3.63, 3.8) is 0 Å². The first-order valence-corrected chi connectivity index (χ1v) is 5.67. The van der Waals surface area contributed by atoms with Crippen LogP contribution in [0.1, 0.15) is 19.4 Å². The van der Waals surface area contributed by atoms with E-state index in [9.17, 15) is 0 Å². The maximum Gasteiger partial charge on any atom is 0.0671 e. The molecule has 0 spiro atoms. The van der Waals surface area contributed by atoms with E-state index in [1.165, 1.54) is 5.56 Å². The van der Waals surface area contributed by atoms with Crippen molar-refractivity contribution < 1.29 is 4.74 Å². The molecule has 1 aromatic rings. The summed E-state index contributed by atoms with van der Waals surface area (Å²) in [5.74, 6) is 0. The topological polar surface area (TPSA) is 21.3 Å². The Hall–Kier alpha value is -0.570. The van der Waals surface area contributed by atoms with Crippen molar-refractivity contribution in [2.24, 2.45) is 0 Å². The first kappa shape index (κ1) is 12.5. The Morgan fingerprint density at radius 2 is 2.27 bits per heavy atom. The second kappa shape index (κ2) is 6.83. The predicted octanol–water partition coefficient (Wildman–Crippen LogP) is 2.85. The molecule has 0 heterocycles. The highest BCUT2D eigenvalue weighted by Crippen LogP contribution is 2.10. The van der Waals surface area contributed by atoms with Gasteiger partial charge in [-0.25, -0.2) is 0 Å². The molecule has 0 fully saturated rings. The second-order valence-corrected chi connectivity index (χ2v) is 3.96. The lowest BCUT2D eigenvalue weighted by atomic mass is 10.2. The van der Waals surface area contributed by atoms with E-state index in [-0.39, 0.29) is 6.10 Å². The van der Waals surface area contributed by atoms with Gasteiger partial charge >= 0.3 is 0 Å². The molecule has 0 radical (unpaired) electrons. The Labute approximate surface area is 96.6 Å². The van der Waals surface area contributed by atoms with Crippen LogP contribution in [0.2, 0.25) is 5.02 Å². The van der Waals surface area contributed by atoms with E-state index in [0.717, 1.165) is 24.7 Å². The van der Waals surface area contributed by atoms with Crippen LogP contribution >= 0.6 is 11.6 Å². The maximum absolute atomic E-state index is 5.88. The Bertz CT molecular complexity index is 291. The van der Waals surface area contributed by atoms with Gasteiger partial charge in [0.1, 0.15) is 0 Å². The number of hydrogen-bond donors (Lipinski definition) is 1. The number of nitrogens with one attached hydrogen (secondary N) is 1. The molecule has 1 atom stereocenters. The molecule has 1 aromatic carbocycles. The first-order valence-electron chi connectivity index (χ1n) is 5.29. The van der Waals surface area contributed by atoms with Gasteiger partial charge in [0.05, 0.1) is 6.10 Å². The number of halogens is 1. The highest BCUT2D eigenvalue weighted by molar-refractivity contribution is 6.30. The third kappa shape index (κ3) is 5.17. The van der Waals surface area contributed by atoms with Crippen molar-refractivity contribution in [1.82, 2.24) is 5.32 Å². The smallest absolute Gasteiger partial charge is 0.0671 e. The fraction of sp³-hybridized carbons (Fsp3) is 0.500. The Kier molecular flexibility index (Phi) is 5.69. The Balaban J connectivity index is 2.25. The number of ether oxygens (including phenoxy) is 1. The fourth-order valence-electron chi connectivity index (χ4n) is 1.41. The van der Waals surface area contributed by atoms with Crippen LogP contribution in [0.15, 0.2) is 24.3 Å². The largest absolute Gasteiger partial charge is 0.377 e. The van der Waals surface area contributed by atoms with E-state index < -0.39 is 0 Å². The summed E-state index contributed by atoms with van der Waals surface area (Å²) in [4.78, 5) is 0. The van der Waals surface area contributed by atoms with Gasteiger partial charge in [-0.05, 0) is 31.5 Å². The van der Waals surface area contributed by atoms with E-state index in [0.29, 0.717) is 0 Å². The van der Waals surface area contributed by atoms with Crippen LogP contribution in [-0.4, -0.2) is 19.3 Å². The molecule has 2 nitrogen and oxygen atoms in total. The van der Waals surface area contributed by atoms with Crippen molar-refractivity contribution in [3.8, 4) is 0 Å². The summed E-state index contributed by atoms with van der Waals surface area (Å²) in [6.45, 7) is 6.53. The fourth-order valence-corrected chi connectivity index (χ4v) is 1.62. The van der Waals surface area contributed by atoms with Gasteiger partial charge in [-0.3, -0.25) is 0 Å². The highest BCUT2D eigenvalue weighted by Gasteiger charge is 2.00. The SMILES string of the molecule is CCOC(C)CNCc1cccc(Cl)c1. The van der Waals surface area contributed by atoms with Crippen molar-refractivity contribution in [2.45, 2.75) is 26.5 Å². The lowest BCUT2D eigenvalue weighted by molar-refractivity contribution is 0.0759. The molecule has 1 rings (SSSR count).